The molecule has 0 unspecified atom stereocenters. The summed E-state index contributed by atoms with van der Waals surface area (Å²) >= 11 is 0. The van der Waals surface area contributed by atoms with Crippen LogP contribution in [0, 0.1) is 13.8 Å². The fourth-order valence-electron chi connectivity index (χ4n) is 2.76. The van der Waals surface area contributed by atoms with Crippen LogP contribution in [0.1, 0.15) is 30.5 Å². The van der Waals surface area contributed by atoms with E-state index < -0.39 is 5.97 Å². The van der Waals surface area contributed by atoms with E-state index in [1.54, 1.807) is 4.90 Å². The smallest absolute Gasteiger partial charge is 0.344 e. The molecule has 0 fully saturated rings. The Morgan fingerprint density at radius 2 is 1.59 bits per heavy atom. The standard InChI is InChI=1S/C22H27NO4/c1-16(2)23(13-19-8-6-5-7-9-19)21(24)14-27-22(25)15-26-20-11-17(3)10-18(4)12-20/h5-12,16H,13-15H2,1-4H3. The van der Waals surface area contributed by atoms with Gasteiger partial charge in [0.05, 0.1) is 0 Å². The van der Waals surface area contributed by atoms with Gasteiger partial charge in [-0.2, -0.15) is 0 Å². The SMILES string of the molecule is Cc1cc(C)cc(OCC(=O)OCC(=O)N(Cc2ccccc2)C(C)C)c1. The molecule has 0 N–H and O–H groups in total. The summed E-state index contributed by atoms with van der Waals surface area (Å²) in [5.74, 6) is -0.178. The molecule has 0 saturated carbocycles. The molecule has 0 aromatic heterocycles. The Hall–Kier alpha value is -2.82. The zero-order valence-corrected chi connectivity index (χ0v) is 16.4. The topological polar surface area (TPSA) is 55.8 Å². The van der Waals surface area contributed by atoms with E-state index in [1.807, 2.05) is 76.2 Å². The maximum Gasteiger partial charge on any atom is 0.344 e. The number of hydrogen-bond acceptors (Lipinski definition) is 4. The molecule has 0 aliphatic carbocycles. The van der Waals surface area contributed by atoms with E-state index >= 15 is 0 Å². The molecule has 2 rings (SSSR count). The molecule has 27 heavy (non-hydrogen) atoms. The van der Waals surface area contributed by atoms with Crippen LogP contribution >= 0.6 is 0 Å². The molecule has 1 amide bonds. The highest BCUT2D eigenvalue weighted by Crippen LogP contribution is 2.16. The number of nitrogens with zero attached hydrogens (tertiary/aromatic N) is 1. The number of carbonyl (C=O) groups is 2. The monoisotopic (exact) mass is 369 g/mol. The van der Waals surface area contributed by atoms with Crippen molar-refractivity contribution in [2.75, 3.05) is 13.2 Å². The van der Waals surface area contributed by atoms with Crippen LogP contribution in [0.25, 0.3) is 0 Å². The number of carbonyl (C=O) groups excluding carboxylic acids is 2. The molecular formula is C22H27NO4. The van der Waals surface area contributed by atoms with Crippen molar-refractivity contribution in [2.24, 2.45) is 0 Å². The summed E-state index contributed by atoms with van der Waals surface area (Å²) in [7, 11) is 0. The molecule has 0 aliphatic rings. The Bertz CT molecular complexity index is 751. The zero-order valence-electron chi connectivity index (χ0n) is 16.4. The minimum absolute atomic E-state index is 0.00271. The van der Waals surface area contributed by atoms with Crippen LogP contribution in [0.3, 0.4) is 0 Å². The van der Waals surface area contributed by atoms with E-state index in [0.29, 0.717) is 12.3 Å². The molecule has 2 aromatic rings. The maximum absolute atomic E-state index is 12.5. The van der Waals surface area contributed by atoms with Crippen LogP contribution in [-0.2, 0) is 20.9 Å². The van der Waals surface area contributed by atoms with Gasteiger partial charge in [-0.15, -0.1) is 0 Å². The van der Waals surface area contributed by atoms with Gasteiger partial charge in [0.1, 0.15) is 5.75 Å². The van der Waals surface area contributed by atoms with Gasteiger partial charge in [0, 0.05) is 12.6 Å². The summed E-state index contributed by atoms with van der Waals surface area (Å²) in [6, 6.07) is 15.5. The predicted molar refractivity (Wildman–Crippen MR) is 104 cm³/mol. The van der Waals surface area contributed by atoms with Gasteiger partial charge in [-0.05, 0) is 56.5 Å². The summed E-state index contributed by atoms with van der Waals surface area (Å²) in [5, 5.41) is 0. The van der Waals surface area contributed by atoms with E-state index in [9.17, 15) is 9.59 Å². The van der Waals surface area contributed by atoms with Gasteiger partial charge in [-0.25, -0.2) is 4.79 Å². The molecule has 0 radical (unpaired) electrons. The molecule has 0 saturated heterocycles. The fourth-order valence-corrected chi connectivity index (χ4v) is 2.76. The van der Waals surface area contributed by atoms with Crippen molar-refractivity contribution in [2.45, 2.75) is 40.3 Å². The second kappa shape index (κ2) is 9.76. The zero-order chi connectivity index (χ0) is 19.8. The first-order valence-corrected chi connectivity index (χ1v) is 9.05. The Morgan fingerprint density at radius 3 is 2.19 bits per heavy atom. The van der Waals surface area contributed by atoms with Crippen molar-refractivity contribution in [1.29, 1.82) is 0 Å². The lowest BCUT2D eigenvalue weighted by molar-refractivity contribution is -0.154. The lowest BCUT2D eigenvalue weighted by atomic mass is 10.1. The Balaban J connectivity index is 1.84. The summed E-state index contributed by atoms with van der Waals surface area (Å²) in [6.45, 7) is 7.76. The number of rotatable bonds is 8. The average Bonchev–Trinajstić information content (AvgIpc) is 2.62. The minimum Gasteiger partial charge on any atom is -0.482 e. The summed E-state index contributed by atoms with van der Waals surface area (Å²) in [4.78, 5) is 26.1. The molecule has 2 aromatic carbocycles. The van der Waals surface area contributed by atoms with Crippen LogP contribution in [0.5, 0.6) is 5.75 Å². The normalized spacial score (nSPS) is 10.6. The van der Waals surface area contributed by atoms with E-state index in [4.69, 9.17) is 9.47 Å². The molecule has 5 heteroatoms. The first kappa shape index (κ1) is 20.5. The summed E-state index contributed by atoms with van der Waals surface area (Å²) < 4.78 is 10.6. The Labute approximate surface area is 160 Å². The molecule has 0 atom stereocenters. The quantitative estimate of drug-likeness (QED) is 0.667. The van der Waals surface area contributed by atoms with E-state index in [2.05, 4.69) is 0 Å². The lowest BCUT2D eigenvalue weighted by Gasteiger charge is -2.26. The first-order chi connectivity index (χ1) is 12.8. The summed E-state index contributed by atoms with van der Waals surface area (Å²) in [5.41, 5.74) is 3.15. The van der Waals surface area contributed by atoms with Crippen LogP contribution in [0.4, 0.5) is 0 Å². The molecular weight excluding hydrogens is 342 g/mol. The highest BCUT2D eigenvalue weighted by molar-refractivity contribution is 5.81. The third-order valence-electron chi connectivity index (χ3n) is 4.05. The largest absolute Gasteiger partial charge is 0.482 e. The minimum atomic E-state index is -0.564. The number of esters is 1. The van der Waals surface area contributed by atoms with Crippen molar-refractivity contribution in [3.05, 3.63) is 65.2 Å². The van der Waals surface area contributed by atoms with E-state index in [1.165, 1.54) is 0 Å². The van der Waals surface area contributed by atoms with Crippen LogP contribution < -0.4 is 4.74 Å². The Morgan fingerprint density at radius 1 is 0.963 bits per heavy atom. The number of benzene rings is 2. The van der Waals surface area contributed by atoms with E-state index in [0.717, 1.165) is 16.7 Å². The molecule has 0 spiro atoms. The first-order valence-electron chi connectivity index (χ1n) is 9.05. The van der Waals surface area contributed by atoms with E-state index in [-0.39, 0.29) is 25.2 Å². The summed E-state index contributed by atoms with van der Waals surface area (Å²) in [6.07, 6.45) is 0. The highest BCUT2D eigenvalue weighted by atomic mass is 16.6. The van der Waals surface area contributed by atoms with Crippen molar-refractivity contribution < 1.29 is 19.1 Å². The van der Waals surface area contributed by atoms with Gasteiger partial charge in [-0.1, -0.05) is 36.4 Å². The van der Waals surface area contributed by atoms with Crippen LogP contribution in [-0.4, -0.2) is 36.0 Å². The van der Waals surface area contributed by atoms with Crippen molar-refractivity contribution in [3.63, 3.8) is 0 Å². The second-order valence-electron chi connectivity index (χ2n) is 6.87. The lowest BCUT2D eigenvalue weighted by Crippen LogP contribution is -2.39. The van der Waals surface area contributed by atoms with Crippen molar-refractivity contribution >= 4 is 11.9 Å². The Kier molecular flexibility index (Phi) is 7.41. The van der Waals surface area contributed by atoms with Crippen LogP contribution in [0.15, 0.2) is 48.5 Å². The fraction of sp³-hybridized carbons (Fsp3) is 0.364. The van der Waals surface area contributed by atoms with Crippen LogP contribution in [0.2, 0.25) is 0 Å². The number of aryl methyl sites for hydroxylation is 2. The highest BCUT2D eigenvalue weighted by Gasteiger charge is 2.19. The number of ether oxygens (including phenoxy) is 2. The second-order valence-corrected chi connectivity index (χ2v) is 6.87. The van der Waals surface area contributed by atoms with Gasteiger partial charge in [0.2, 0.25) is 0 Å². The van der Waals surface area contributed by atoms with Gasteiger partial charge in [0.15, 0.2) is 13.2 Å². The van der Waals surface area contributed by atoms with Crippen molar-refractivity contribution in [1.82, 2.24) is 4.90 Å². The molecule has 0 aliphatic heterocycles. The number of amides is 1. The van der Waals surface area contributed by atoms with Gasteiger partial charge in [-0.3, -0.25) is 4.79 Å². The van der Waals surface area contributed by atoms with Gasteiger partial charge >= 0.3 is 5.97 Å². The molecule has 144 valence electrons. The average molecular weight is 369 g/mol. The van der Waals surface area contributed by atoms with Gasteiger partial charge in [0.25, 0.3) is 5.91 Å². The molecule has 0 heterocycles. The van der Waals surface area contributed by atoms with Crippen molar-refractivity contribution in [3.8, 4) is 5.75 Å². The molecule has 5 nitrogen and oxygen atoms in total. The molecule has 0 bridgehead atoms. The maximum atomic E-state index is 12.5. The third kappa shape index (κ3) is 6.77. The predicted octanol–water partition coefficient (Wildman–Crippen LogP) is 3.66. The van der Waals surface area contributed by atoms with Gasteiger partial charge < -0.3 is 14.4 Å². The third-order valence-corrected chi connectivity index (χ3v) is 4.05. The number of hydrogen-bond donors (Lipinski definition) is 0.